The third-order valence-corrected chi connectivity index (χ3v) is 6.31. The van der Waals surface area contributed by atoms with Gasteiger partial charge in [-0.05, 0) is 23.4 Å². The standard InChI is InChI=1S/C20H22N2O3S/c1-25-12-18(23)21-11-17(15-5-3-2-4-6-15)20(14-21)8-9-22(19(20)24)16-7-10-26-13-16/h2-7,10,13,17H,8-9,11-12,14H2,1H3/t17-,20+/m0/s1. The zero-order valence-electron chi connectivity index (χ0n) is 14.8. The molecular formula is C20H22N2O3S. The van der Waals surface area contributed by atoms with Crippen LogP contribution in [0, 0.1) is 5.41 Å². The Hall–Kier alpha value is -2.18. The van der Waals surface area contributed by atoms with Crippen LogP contribution in [0.5, 0.6) is 0 Å². The number of methoxy groups -OCH3 is 1. The minimum absolute atomic E-state index is 0.0145. The minimum Gasteiger partial charge on any atom is -0.375 e. The van der Waals surface area contributed by atoms with Crippen molar-refractivity contribution in [2.45, 2.75) is 12.3 Å². The van der Waals surface area contributed by atoms with Crippen LogP contribution in [0.1, 0.15) is 17.9 Å². The third-order valence-electron chi connectivity index (χ3n) is 5.64. The lowest BCUT2D eigenvalue weighted by Gasteiger charge is -2.28. The number of carbonyl (C=O) groups is 2. The molecule has 2 aliphatic heterocycles. The lowest BCUT2D eigenvalue weighted by atomic mass is 9.73. The number of benzene rings is 1. The normalized spacial score (nSPS) is 25.4. The fourth-order valence-electron chi connectivity index (χ4n) is 4.34. The Balaban J connectivity index is 1.69. The molecule has 26 heavy (non-hydrogen) atoms. The summed E-state index contributed by atoms with van der Waals surface area (Å²) >= 11 is 1.59. The average Bonchev–Trinajstić information content (AvgIpc) is 3.37. The summed E-state index contributed by atoms with van der Waals surface area (Å²) in [6.45, 7) is 1.79. The van der Waals surface area contributed by atoms with E-state index in [1.165, 1.54) is 7.11 Å². The maximum absolute atomic E-state index is 13.5. The summed E-state index contributed by atoms with van der Waals surface area (Å²) in [4.78, 5) is 29.6. The predicted molar refractivity (Wildman–Crippen MR) is 101 cm³/mol. The van der Waals surface area contributed by atoms with E-state index >= 15 is 0 Å². The second kappa shape index (κ2) is 6.85. The number of thiophene rings is 1. The number of rotatable bonds is 4. The highest BCUT2D eigenvalue weighted by Gasteiger charge is 2.58. The van der Waals surface area contributed by atoms with Gasteiger partial charge in [-0.3, -0.25) is 9.59 Å². The molecule has 0 unspecified atom stereocenters. The van der Waals surface area contributed by atoms with E-state index in [4.69, 9.17) is 4.74 Å². The molecule has 6 heteroatoms. The minimum atomic E-state index is -0.549. The Morgan fingerprint density at radius 3 is 2.81 bits per heavy atom. The monoisotopic (exact) mass is 370 g/mol. The Bertz CT molecular complexity index is 793. The number of amides is 2. The largest absolute Gasteiger partial charge is 0.375 e. The molecule has 3 heterocycles. The van der Waals surface area contributed by atoms with E-state index in [2.05, 4.69) is 12.1 Å². The molecule has 0 aliphatic carbocycles. The summed E-state index contributed by atoms with van der Waals surface area (Å²) in [7, 11) is 1.53. The maximum Gasteiger partial charge on any atom is 0.248 e. The second-order valence-electron chi connectivity index (χ2n) is 7.02. The van der Waals surface area contributed by atoms with Crippen LogP contribution in [0.3, 0.4) is 0 Å². The maximum atomic E-state index is 13.5. The van der Waals surface area contributed by atoms with Crippen molar-refractivity contribution in [1.82, 2.24) is 4.90 Å². The van der Waals surface area contributed by atoms with Gasteiger partial charge in [0.15, 0.2) is 0 Å². The van der Waals surface area contributed by atoms with Crippen molar-refractivity contribution in [2.24, 2.45) is 5.41 Å². The van der Waals surface area contributed by atoms with Gasteiger partial charge in [-0.15, -0.1) is 0 Å². The molecule has 2 fully saturated rings. The molecule has 2 aromatic rings. The fourth-order valence-corrected chi connectivity index (χ4v) is 4.98. The Morgan fingerprint density at radius 2 is 2.12 bits per heavy atom. The molecule has 2 atom stereocenters. The number of anilines is 1. The van der Waals surface area contributed by atoms with Gasteiger partial charge in [-0.1, -0.05) is 30.3 Å². The van der Waals surface area contributed by atoms with Gasteiger partial charge in [0.1, 0.15) is 6.61 Å². The molecular weight excluding hydrogens is 348 g/mol. The van der Waals surface area contributed by atoms with E-state index in [0.29, 0.717) is 19.6 Å². The van der Waals surface area contributed by atoms with Crippen LogP contribution in [-0.4, -0.2) is 50.1 Å². The summed E-state index contributed by atoms with van der Waals surface area (Å²) in [6, 6.07) is 12.1. The number of hydrogen-bond acceptors (Lipinski definition) is 4. The number of ether oxygens (including phenoxy) is 1. The zero-order chi connectivity index (χ0) is 18.1. The van der Waals surface area contributed by atoms with Crippen molar-refractivity contribution in [3.05, 3.63) is 52.7 Å². The fraction of sp³-hybridized carbons (Fsp3) is 0.400. The molecule has 0 N–H and O–H groups in total. The summed E-state index contributed by atoms with van der Waals surface area (Å²) in [5, 5.41) is 4.00. The second-order valence-corrected chi connectivity index (χ2v) is 7.80. The number of carbonyl (C=O) groups excluding carboxylic acids is 2. The molecule has 1 aromatic heterocycles. The van der Waals surface area contributed by atoms with Crippen LogP contribution in [0.4, 0.5) is 5.69 Å². The van der Waals surface area contributed by atoms with Crippen molar-refractivity contribution in [2.75, 3.05) is 38.3 Å². The quantitative estimate of drug-likeness (QED) is 0.832. The molecule has 136 valence electrons. The van der Waals surface area contributed by atoms with E-state index < -0.39 is 5.41 Å². The van der Waals surface area contributed by atoms with Crippen LogP contribution < -0.4 is 4.90 Å². The van der Waals surface area contributed by atoms with Crippen molar-refractivity contribution in [1.29, 1.82) is 0 Å². The first-order valence-electron chi connectivity index (χ1n) is 8.81. The van der Waals surface area contributed by atoms with E-state index in [9.17, 15) is 9.59 Å². The molecule has 1 spiro atoms. The average molecular weight is 370 g/mol. The molecule has 0 saturated carbocycles. The molecule has 4 rings (SSSR count). The predicted octanol–water partition coefficient (Wildman–Crippen LogP) is 2.74. The van der Waals surface area contributed by atoms with Gasteiger partial charge < -0.3 is 14.5 Å². The summed E-state index contributed by atoms with van der Waals surface area (Å²) in [6.07, 6.45) is 0.762. The van der Waals surface area contributed by atoms with Gasteiger partial charge in [0.2, 0.25) is 11.8 Å². The number of hydrogen-bond donors (Lipinski definition) is 0. The highest BCUT2D eigenvalue weighted by Crippen LogP contribution is 2.50. The Labute approximate surface area is 157 Å². The van der Waals surface area contributed by atoms with Gasteiger partial charge in [-0.25, -0.2) is 0 Å². The van der Waals surface area contributed by atoms with Crippen molar-refractivity contribution in [3.8, 4) is 0 Å². The Morgan fingerprint density at radius 1 is 1.31 bits per heavy atom. The molecule has 0 bridgehead atoms. The smallest absolute Gasteiger partial charge is 0.248 e. The summed E-state index contributed by atoms with van der Waals surface area (Å²) < 4.78 is 5.03. The van der Waals surface area contributed by atoms with E-state index in [0.717, 1.165) is 17.7 Å². The van der Waals surface area contributed by atoms with Gasteiger partial charge in [-0.2, -0.15) is 11.3 Å². The first-order valence-corrected chi connectivity index (χ1v) is 9.76. The first-order chi connectivity index (χ1) is 12.7. The third kappa shape index (κ3) is 2.73. The van der Waals surface area contributed by atoms with Gasteiger partial charge >= 0.3 is 0 Å². The lowest BCUT2D eigenvalue weighted by molar-refractivity contribution is -0.135. The van der Waals surface area contributed by atoms with Crippen molar-refractivity contribution in [3.63, 3.8) is 0 Å². The highest BCUT2D eigenvalue weighted by molar-refractivity contribution is 7.08. The van der Waals surface area contributed by atoms with Gasteiger partial charge in [0.25, 0.3) is 0 Å². The first kappa shape index (κ1) is 17.2. The molecule has 2 saturated heterocycles. The molecule has 2 aliphatic rings. The van der Waals surface area contributed by atoms with Crippen LogP contribution in [-0.2, 0) is 14.3 Å². The van der Waals surface area contributed by atoms with E-state index in [-0.39, 0.29) is 24.3 Å². The molecule has 1 aromatic carbocycles. The molecule has 0 radical (unpaired) electrons. The van der Waals surface area contributed by atoms with Crippen LogP contribution >= 0.6 is 11.3 Å². The lowest BCUT2D eigenvalue weighted by Crippen LogP contribution is -2.40. The van der Waals surface area contributed by atoms with Crippen molar-refractivity contribution < 1.29 is 14.3 Å². The summed E-state index contributed by atoms with van der Waals surface area (Å²) in [5.74, 6) is 0.102. The van der Waals surface area contributed by atoms with Gasteiger partial charge in [0.05, 0.1) is 11.1 Å². The van der Waals surface area contributed by atoms with Crippen LogP contribution in [0.15, 0.2) is 47.2 Å². The van der Waals surface area contributed by atoms with Crippen LogP contribution in [0.25, 0.3) is 0 Å². The number of nitrogens with zero attached hydrogens (tertiary/aromatic N) is 2. The number of likely N-dealkylation sites (tertiary alicyclic amines) is 1. The Kier molecular flexibility index (Phi) is 4.54. The topological polar surface area (TPSA) is 49.9 Å². The molecule has 5 nitrogen and oxygen atoms in total. The SMILES string of the molecule is COCC(=O)N1C[C@@H](c2ccccc2)[C@@]2(CCN(c3ccsc3)C2=O)C1. The molecule has 2 amide bonds. The van der Waals surface area contributed by atoms with E-state index in [1.807, 2.05) is 39.9 Å². The van der Waals surface area contributed by atoms with Gasteiger partial charge in [0, 0.05) is 38.0 Å². The van der Waals surface area contributed by atoms with Crippen molar-refractivity contribution >= 4 is 28.8 Å². The van der Waals surface area contributed by atoms with Crippen LogP contribution in [0.2, 0.25) is 0 Å². The zero-order valence-corrected chi connectivity index (χ0v) is 15.6. The summed E-state index contributed by atoms with van der Waals surface area (Å²) in [5.41, 5.74) is 1.54. The van der Waals surface area contributed by atoms with E-state index in [1.54, 1.807) is 16.2 Å². The highest BCUT2D eigenvalue weighted by atomic mass is 32.1.